The minimum absolute atomic E-state index is 0.00975. The standard InChI is InChI=1S/C18H19N5O.CH2O2/c1-12-19-10-16(22(12)2)14-8-17(24)21-18-15(14)9-20-23(18)11-13-6-4-3-5-7-13;2-1-3/h3-7,9-10,14H,8,11H2,1-2H3,(H,21,24);1H,(H,2,3). The maximum atomic E-state index is 12.2. The van der Waals surface area contributed by atoms with Gasteiger partial charge >= 0.3 is 0 Å². The van der Waals surface area contributed by atoms with Crippen molar-refractivity contribution in [2.75, 3.05) is 5.32 Å². The van der Waals surface area contributed by atoms with Gasteiger partial charge in [-0.05, 0) is 12.5 Å². The molecule has 27 heavy (non-hydrogen) atoms. The lowest BCUT2D eigenvalue weighted by Crippen LogP contribution is -2.26. The van der Waals surface area contributed by atoms with Gasteiger partial charge in [0.25, 0.3) is 6.47 Å². The Balaban J connectivity index is 0.000000659. The molecule has 0 radical (unpaired) electrons. The molecule has 1 aromatic carbocycles. The van der Waals surface area contributed by atoms with Gasteiger partial charge in [0.1, 0.15) is 11.6 Å². The molecule has 3 heterocycles. The number of rotatable bonds is 3. The number of aromatic nitrogens is 4. The van der Waals surface area contributed by atoms with Crippen molar-refractivity contribution in [2.24, 2.45) is 7.05 Å². The highest BCUT2D eigenvalue weighted by Crippen LogP contribution is 2.37. The van der Waals surface area contributed by atoms with Gasteiger partial charge in [0.2, 0.25) is 5.91 Å². The summed E-state index contributed by atoms with van der Waals surface area (Å²) < 4.78 is 3.90. The van der Waals surface area contributed by atoms with E-state index in [-0.39, 0.29) is 18.3 Å². The van der Waals surface area contributed by atoms with Gasteiger partial charge in [0.05, 0.1) is 12.7 Å². The molecule has 1 aliphatic heterocycles. The fourth-order valence-corrected chi connectivity index (χ4v) is 3.25. The van der Waals surface area contributed by atoms with Crippen LogP contribution in [0, 0.1) is 6.92 Å². The number of aryl methyl sites for hydroxylation is 1. The van der Waals surface area contributed by atoms with E-state index >= 15 is 0 Å². The summed E-state index contributed by atoms with van der Waals surface area (Å²) in [6.45, 7) is 2.35. The number of amides is 1. The Morgan fingerprint density at radius 3 is 2.63 bits per heavy atom. The van der Waals surface area contributed by atoms with E-state index in [2.05, 4.69) is 27.5 Å². The van der Waals surface area contributed by atoms with Crippen molar-refractivity contribution in [3.05, 3.63) is 65.4 Å². The van der Waals surface area contributed by atoms with Crippen LogP contribution in [0.5, 0.6) is 0 Å². The highest BCUT2D eigenvalue weighted by Gasteiger charge is 2.31. The van der Waals surface area contributed by atoms with E-state index in [1.807, 2.05) is 53.8 Å². The molecule has 1 amide bonds. The third-order valence-corrected chi connectivity index (χ3v) is 4.68. The summed E-state index contributed by atoms with van der Waals surface area (Å²) in [5.41, 5.74) is 3.24. The third-order valence-electron chi connectivity index (χ3n) is 4.68. The molecule has 140 valence electrons. The van der Waals surface area contributed by atoms with Gasteiger partial charge in [-0.25, -0.2) is 9.67 Å². The summed E-state index contributed by atoms with van der Waals surface area (Å²) in [7, 11) is 1.98. The Hall–Kier alpha value is -3.42. The molecule has 0 fully saturated rings. The minimum Gasteiger partial charge on any atom is -0.483 e. The molecule has 0 saturated carbocycles. The molecule has 1 atom stereocenters. The molecular weight excluding hydrogens is 346 g/mol. The highest BCUT2D eigenvalue weighted by atomic mass is 16.3. The van der Waals surface area contributed by atoms with E-state index in [0.29, 0.717) is 13.0 Å². The number of nitrogens with one attached hydrogen (secondary N) is 1. The van der Waals surface area contributed by atoms with Crippen LogP contribution in [-0.4, -0.2) is 36.8 Å². The molecule has 0 saturated heterocycles. The fraction of sp³-hybridized carbons (Fsp3) is 0.263. The molecule has 2 aromatic heterocycles. The van der Waals surface area contributed by atoms with Crippen molar-refractivity contribution < 1.29 is 14.7 Å². The largest absolute Gasteiger partial charge is 0.483 e. The molecule has 0 bridgehead atoms. The predicted octanol–water partition coefficient (Wildman–Crippen LogP) is 2.15. The summed E-state index contributed by atoms with van der Waals surface area (Å²) in [4.78, 5) is 25.0. The Bertz CT molecular complexity index is 946. The second-order valence-electron chi connectivity index (χ2n) is 6.29. The number of fused-ring (bicyclic) bond motifs is 1. The van der Waals surface area contributed by atoms with Crippen LogP contribution >= 0.6 is 0 Å². The van der Waals surface area contributed by atoms with Crippen LogP contribution in [0.15, 0.2) is 42.7 Å². The number of hydrogen-bond acceptors (Lipinski definition) is 4. The second kappa shape index (κ2) is 7.86. The highest BCUT2D eigenvalue weighted by molar-refractivity contribution is 5.94. The van der Waals surface area contributed by atoms with Gasteiger partial charge in [-0.15, -0.1) is 0 Å². The molecule has 1 aliphatic rings. The van der Waals surface area contributed by atoms with Crippen molar-refractivity contribution >= 4 is 18.2 Å². The summed E-state index contributed by atoms with van der Waals surface area (Å²) in [5, 5.41) is 14.4. The maximum absolute atomic E-state index is 12.2. The van der Waals surface area contributed by atoms with Crippen molar-refractivity contribution in [2.45, 2.75) is 25.8 Å². The number of carbonyl (C=O) groups excluding carboxylic acids is 1. The van der Waals surface area contributed by atoms with Crippen LogP contribution in [0.3, 0.4) is 0 Å². The van der Waals surface area contributed by atoms with Crippen molar-refractivity contribution in [3.8, 4) is 0 Å². The van der Waals surface area contributed by atoms with Crippen LogP contribution in [0.25, 0.3) is 0 Å². The van der Waals surface area contributed by atoms with Gasteiger partial charge in [-0.1, -0.05) is 30.3 Å². The average Bonchev–Trinajstić information content (AvgIpc) is 3.20. The monoisotopic (exact) mass is 367 g/mol. The van der Waals surface area contributed by atoms with Crippen LogP contribution in [-0.2, 0) is 23.2 Å². The summed E-state index contributed by atoms with van der Waals surface area (Å²) in [6.07, 6.45) is 4.14. The number of benzene rings is 1. The SMILES string of the molecule is Cc1ncc(C2CC(=O)Nc3c2cnn3Cc2ccccc2)n1C.O=CO. The first kappa shape index (κ1) is 18.4. The van der Waals surface area contributed by atoms with Crippen LogP contribution < -0.4 is 5.32 Å². The van der Waals surface area contributed by atoms with Crippen molar-refractivity contribution in [3.63, 3.8) is 0 Å². The lowest BCUT2D eigenvalue weighted by atomic mass is 9.91. The first-order chi connectivity index (χ1) is 13.0. The van der Waals surface area contributed by atoms with Gasteiger partial charge in [-0.3, -0.25) is 9.59 Å². The number of hydrogen-bond donors (Lipinski definition) is 2. The molecule has 2 N–H and O–H groups in total. The van der Waals surface area contributed by atoms with Gasteiger partial charge in [0.15, 0.2) is 0 Å². The molecule has 4 rings (SSSR count). The third kappa shape index (κ3) is 3.74. The predicted molar refractivity (Wildman–Crippen MR) is 99.5 cm³/mol. The first-order valence-electron chi connectivity index (χ1n) is 8.50. The van der Waals surface area contributed by atoms with Gasteiger partial charge in [0, 0.05) is 36.8 Å². The fourth-order valence-electron chi connectivity index (χ4n) is 3.25. The quantitative estimate of drug-likeness (QED) is 0.691. The zero-order valence-corrected chi connectivity index (χ0v) is 15.2. The lowest BCUT2D eigenvalue weighted by Gasteiger charge is -2.24. The number of carbonyl (C=O) groups is 2. The molecule has 0 spiro atoms. The normalized spacial score (nSPS) is 15.3. The van der Waals surface area contributed by atoms with E-state index in [1.54, 1.807) is 0 Å². The summed E-state index contributed by atoms with van der Waals surface area (Å²) >= 11 is 0. The Morgan fingerprint density at radius 1 is 1.30 bits per heavy atom. The van der Waals surface area contributed by atoms with E-state index < -0.39 is 0 Å². The minimum atomic E-state index is -0.250. The summed E-state index contributed by atoms with van der Waals surface area (Å²) in [5.74, 6) is 1.74. The van der Waals surface area contributed by atoms with Crippen LogP contribution in [0.2, 0.25) is 0 Å². The van der Waals surface area contributed by atoms with Gasteiger partial charge < -0.3 is 15.0 Å². The summed E-state index contributed by atoms with van der Waals surface area (Å²) in [6, 6.07) is 10.1. The van der Waals surface area contributed by atoms with Gasteiger partial charge in [-0.2, -0.15) is 5.10 Å². The number of imidazole rings is 1. The molecular formula is C19H21N5O3. The van der Waals surface area contributed by atoms with E-state index in [1.165, 1.54) is 0 Å². The second-order valence-corrected chi connectivity index (χ2v) is 6.29. The van der Waals surface area contributed by atoms with E-state index in [4.69, 9.17) is 9.90 Å². The maximum Gasteiger partial charge on any atom is 0.290 e. The van der Waals surface area contributed by atoms with Crippen molar-refractivity contribution in [1.82, 2.24) is 19.3 Å². The average molecular weight is 367 g/mol. The number of anilines is 1. The smallest absolute Gasteiger partial charge is 0.290 e. The lowest BCUT2D eigenvalue weighted by molar-refractivity contribution is -0.123. The zero-order chi connectivity index (χ0) is 19.4. The number of carboxylic acid groups (broad SMARTS) is 1. The van der Waals surface area contributed by atoms with Crippen LogP contribution in [0.4, 0.5) is 5.82 Å². The topological polar surface area (TPSA) is 102 Å². The molecule has 0 aliphatic carbocycles. The van der Waals surface area contributed by atoms with Crippen LogP contribution in [0.1, 0.15) is 35.0 Å². The van der Waals surface area contributed by atoms with Crippen molar-refractivity contribution in [1.29, 1.82) is 0 Å². The molecule has 3 aromatic rings. The number of nitrogens with zero attached hydrogens (tertiary/aromatic N) is 4. The Labute approximate surface area is 156 Å². The molecule has 8 heteroatoms. The molecule has 1 unspecified atom stereocenters. The Morgan fingerprint density at radius 2 is 2.00 bits per heavy atom. The molecule has 8 nitrogen and oxygen atoms in total. The van der Waals surface area contributed by atoms with E-state index in [9.17, 15) is 4.79 Å². The van der Waals surface area contributed by atoms with E-state index in [0.717, 1.165) is 28.5 Å². The first-order valence-corrected chi connectivity index (χ1v) is 8.50. The Kier molecular flexibility index (Phi) is 5.35. The zero-order valence-electron chi connectivity index (χ0n) is 15.2.